The lowest BCUT2D eigenvalue weighted by Gasteiger charge is -2.22. The van der Waals surface area contributed by atoms with E-state index in [0.29, 0.717) is 36.6 Å². The molecule has 0 aliphatic heterocycles. The highest BCUT2D eigenvalue weighted by atomic mass is 16.5. The third kappa shape index (κ3) is 7.16. The minimum absolute atomic E-state index is 0.00540. The van der Waals surface area contributed by atoms with Crippen LogP contribution in [0, 0.1) is 5.41 Å². The number of esters is 1. The van der Waals surface area contributed by atoms with Gasteiger partial charge in [-0.25, -0.2) is 0 Å². The molecule has 148 valence electrons. The van der Waals surface area contributed by atoms with Gasteiger partial charge in [0.05, 0.1) is 5.41 Å². The smallest absolute Gasteiger partial charge is 0.316 e. The normalized spacial score (nSPS) is 15.2. The summed E-state index contributed by atoms with van der Waals surface area (Å²) in [7, 11) is 0. The molecule has 0 bridgehead atoms. The Morgan fingerprint density at radius 2 is 1.63 bits per heavy atom. The van der Waals surface area contributed by atoms with Crippen molar-refractivity contribution in [3.63, 3.8) is 0 Å². The second kappa shape index (κ2) is 9.67. The number of carbonyl (C=O) groups is 3. The zero-order valence-corrected chi connectivity index (χ0v) is 16.7. The van der Waals surface area contributed by atoms with Crippen molar-refractivity contribution in [2.45, 2.75) is 78.2 Å². The first-order chi connectivity index (χ1) is 12.8. The Balaban J connectivity index is 1.73. The maximum absolute atomic E-state index is 12.3. The van der Waals surface area contributed by atoms with Gasteiger partial charge in [-0.15, -0.1) is 0 Å². The first-order valence-electron chi connectivity index (χ1n) is 9.90. The van der Waals surface area contributed by atoms with Crippen LogP contribution in [0.2, 0.25) is 0 Å². The average molecular weight is 373 g/mol. The van der Waals surface area contributed by atoms with Gasteiger partial charge >= 0.3 is 5.97 Å². The summed E-state index contributed by atoms with van der Waals surface area (Å²) in [5.41, 5.74) is -0.00888. The van der Waals surface area contributed by atoms with E-state index in [4.69, 9.17) is 4.74 Å². The highest BCUT2D eigenvalue weighted by molar-refractivity contribution is 5.96. The SMILES string of the molecule is CC(C)(C)C(=O)Oc1ccc(C(=O)CCCC(=O)NC2CCCCC2)cc1. The second-order valence-electron chi connectivity index (χ2n) is 8.34. The van der Waals surface area contributed by atoms with Crippen LogP contribution in [0.15, 0.2) is 24.3 Å². The number of hydrogen-bond donors (Lipinski definition) is 1. The van der Waals surface area contributed by atoms with Gasteiger partial charge in [-0.2, -0.15) is 0 Å². The fraction of sp³-hybridized carbons (Fsp3) is 0.591. The molecule has 1 aliphatic rings. The van der Waals surface area contributed by atoms with Gasteiger partial charge in [-0.05, 0) is 64.3 Å². The van der Waals surface area contributed by atoms with Crippen LogP contribution in [0.3, 0.4) is 0 Å². The average Bonchev–Trinajstić information content (AvgIpc) is 2.62. The minimum Gasteiger partial charge on any atom is -0.426 e. The molecule has 5 nitrogen and oxygen atoms in total. The number of nitrogens with one attached hydrogen (secondary N) is 1. The van der Waals surface area contributed by atoms with Crippen LogP contribution in [-0.4, -0.2) is 23.7 Å². The molecule has 2 rings (SSSR count). The minimum atomic E-state index is -0.577. The highest BCUT2D eigenvalue weighted by Crippen LogP contribution is 2.21. The van der Waals surface area contributed by atoms with E-state index in [1.807, 2.05) is 0 Å². The number of ketones is 1. The molecule has 0 radical (unpaired) electrons. The maximum atomic E-state index is 12.3. The number of amides is 1. The Morgan fingerprint density at radius 1 is 1.00 bits per heavy atom. The first-order valence-corrected chi connectivity index (χ1v) is 9.90. The Hall–Kier alpha value is -2.17. The fourth-order valence-corrected chi connectivity index (χ4v) is 3.07. The topological polar surface area (TPSA) is 72.5 Å². The molecule has 1 fully saturated rings. The van der Waals surface area contributed by atoms with E-state index in [1.165, 1.54) is 19.3 Å². The molecule has 0 heterocycles. The number of rotatable bonds is 7. The van der Waals surface area contributed by atoms with Crippen LogP contribution in [0.1, 0.15) is 82.5 Å². The van der Waals surface area contributed by atoms with Gasteiger partial charge in [0.2, 0.25) is 5.91 Å². The van der Waals surface area contributed by atoms with Gasteiger partial charge in [0.15, 0.2) is 5.78 Å². The van der Waals surface area contributed by atoms with Crippen molar-refractivity contribution in [3.05, 3.63) is 29.8 Å². The van der Waals surface area contributed by atoms with Crippen LogP contribution in [0.4, 0.5) is 0 Å². The Morgan fingerprint density at radius 3 is 2.22 bits per heavy atom. The molecule has 1 aliphatic carbocycles. The molecule has 1 aromatic carbocycles. The number of Topliss-reactive ketones (excluding diaryl/α,β-unsaturated/α-hetero) is 1. The number of hydrogen-bond acceptors (Lipinski definition) is 4. The number of carbonyl (C=O) groups excluding carboxylic acids is 3. The van der Waals surface area contributed by atoms with Gasteiger partial charge in [-0.3, -0.25) is 14.4 Å². The molecule has 0 spiro atoms. The summed E-state index contributed by atoms with van der Waals surface area (Å²) in [6.07, 6.45) is 7.01. The maximum Gasteiger partial charge on any atom is 0.316 e. The lowest BCUT2D eigenvalue weighted by molar-refractivity contribution is -0.143. The van der Waals surface area contributed by atoms with Crippen LogP contribution in [0.5, 0.6) is 5.75 Å². The molecular formula is C22H31NO4. The van der Waals surface area contributed by atoms with E-state index in [1.54, 1.807) is 45.0 Å². The van der Waals surface area contributed by atoms with Crippen molar-refractivity contribution in [2.24, 2.45) is 5.41 Å². The molecule has 0 aromatic heterocycles. The number of ether oxygens (including phenoxy) is 1. The zero-order valence-electron chi connectivity index (χ0n) is 16.7. The number of benzene rings is 1. The summed E-state index contributed by atoms with van der Waals surface area (Å²) in [5.74, 6) is 0.150. The van der Waals surface area contributed by atoms with Gasteiger partial charge < -0.3 is 10.1 Å². The summed E-state index contributed by atoms with van der Waals surface area (Å²) < 4.78 is 5.30. The van der Waals surface area contributed by atoms with Crippen molar-refractivity contribution in [3.8, 4) is 5.75 Å². The largest absolute Gasteiger partial charge is 0.426 e. The second-order valence-corrected chi connectivity index (χ2v) is 8.34. The fourth-order valence-electron chi connectivity index (χ4n) is 3.07. The van der Waals surface area contributed by atoms with Gasteiger partial charge in [-0.1, -0.05) is 19.3 Å². The Labute approximate surface area is 161 Å². The van der Waals surface area contributed by atoms with Crippen LogP contribution in [-0.2, 0) is 9.59 Å². The molecule has 0 atom stereocenters. The first kappa shape index (κ1) is 21.1. The van der Waals surface area contributed by atoms with E-state index in [-0.39, 0.29) is 17.7 Å². The molecule has 1 amide bonds. The summed E-state index contributed by atoms with van der Waals surface area (Å²) in [4.78, 5) is 36.1. The summed E-state index contributed by atoms with van der Waals surface area (Å²) in [6, 6.07) is 6.90. The van der Waals surface area contributed by atoms with E-state index in [9.17, 15) is 14.4 Å². The van der Waals surface area contributed by atoms with Crippen molar-refractivity contribution < 1.29 is 19.1 Å². The predicted molar refractivity (Wildman–Crippen MR) is 105 cm³/mol. The van der Waals surface area contributed by atoms with Crippen molar-refractivity contribution in [1.29, 1.82) is 0 Å². The van der Waals surface area contributed by atoms with E-state index >= 15 is 0 Å². The molecule has 0 saturated heterocycles. The molecule has 5 heteroatoms. The van der Waals surface area contributed by atoms with Crippen LogP contribution >= 0.6 is 0 Å². The molecule has 1 saturated carbocycles. The molecular weight excluding hydrogens is 342 g/mol. The summed E-state index contributed by atoms with van der Waals surface area (Å²) in [5, 5.41) is 3.07. The van der Waals surface area contributed by atoms with Gasteiger partial charge in [0.25, 0.3) is 0 Å². The van der Waals surface area contributed by atoms with Crippen molar-refractivity contribution in [2.75, 3.05) is 0 Å². The van der Waals surface area contributed by atoms with E-state index < -0.39 is 5.41 Å². The lowest BCUT2D eigenvalue weighted by Crippen LogP contribution is -2.36. The zero-order chi connectivity index (χ0) is 19.9. The monoisotopic (exact) mass is 373 g/mol. The molecule has 1 N–H and O–H groups in total. The lowest BCUT2D eigenvalue weighted by atomic mass is 9.95. The van der Waals surface area contributed by atoms with Gasteiger partial charge in [0.1, 0.15) is 5.75 Å². The molecule has 1 aromatic rings. The summed E-state index contributed by atoms with van der Waals surface area (Å²) >= 11 is 0. The third-order valence-corrected chi connectivity index (χ3v) is 4.78. The highest BCUT2D eigenvalue weighted by Gasteiger charge is 2.23. The summed E-state index contributed by atoms with van der Waals surface area (Å²) in [6.45, 7) is 5.37. The van der Waals surface area contributed by atoms with E-state index in [0.717, 1.165) is 12.8 Å². The third-order valence-electron chi connectivity index (χ3n) is 4.78. The molecule has 27 heavy (non-hydrogen) atoms. The van der Waals surface area contributed by atoms with E-state index in [2.05, 4.69) is 5.32 Å². The van der Waals surface area contributed by atoms with Gasteiger partial charge in [0, 0.05) is 24.4 Å². The van der Waals surface area contributed by atoms with Crippen molar-refractivity contribution >= 4 is 17.7 Å². The quantitative estimate of drug-likeness (QED) is 0.436. The van der Waals surface area contributed by atoms with Crippen molar-refractivity contribution in [1.82, 2.24) is 5.32 Å². The molecule has 0 unspecified atom stereocenters. The predicted octanol–water partition coefficient (Wildman–Crippen LogP) is 4.44. The van der Waals surface area contributed by atoms with Crippen LogP contribution < -0.4 is 10.1 Å². The Bertz CT molecular complexity index is 652. The van der Waals surface area contributed by atoms with Crippen LogP contribution in [0.25, 0.3) is 0 Å². The Kier molecular flexibility index (Phi) is 7.57. The standard InChI is InChI=1S/C22H31NO4/c1-22(2,3)21(26)27-18-14-12-16(13-15-18)19(24)10-7-11-20(25)23-17-8-5-4-6-9-17/h12-15,17H,4-11H2,1-3H3,(H,23,25).